The van der Waals surface area contributed by atoms with Crippen LogP contribution in [0.1, 0.15) is 141 Å². The van der Waals surface area contributed by atoms with Crippen molar-refractivity contribution in [1.29, 1.82) is 0 Å². The van der Waals surface area contributed by atoms with Crippen LogP contribution in [-0.2, 0) is 27.1 Å². The van der Waals surface area contributed by atoms with Crippen LogP contribution in [0.3, 0.4) is 0 Å². The van der Waals surface area contributed by atoms with Gasteiger partial charge in [-0.1, -0.05) is 152 Å². The first-order chi connectivity index (χ1) is 31.2. The Labute approximate surface area is 404 Å². The van der Waals surface area contributed by atoms with Crippen molar-refractivity contribution in [1.82, 2.24) is 4.40 Å². The van der Waals surface area contributed by atoms with Crippen LogP contribution >= 0.6 is 11.3 Å². The van der Waals surface area contributed by atoms with E-state index in [-0.39, 0.29) is 33.8 Å². The third kappa shape index (κ3) is 6.42. The zero-order valence-corrected chi connectivity index (χ0v) is 44.0. The van der Waals surface area contributed by atoms with E-state index in [4.69, 9.17) is 0 Å². The second-order valence-electron chi connectivity index (χ2n) is 25.2. The van der Waals surface area contributed by atoms with E-state index in [0.29, 0.717) is 0 Å². The third-order valence-electron chi connectivity index (χ3n) is 15.4. The quantitative estimate of drug-likeness (QED) is 0.160. The van der Waals surface area contributed by atoms with Gasteiger partial charge in [-0.25, -0.2) is 0 Å². The molecule has 0 spiro atoms. The third-order valence-corrected chi connectivity index (χ3v) is 16.4. The molecular formula is C62H68BN3S. The van der Waals surface area contributed by atoms with Crippen LogP contribution in [0.15, 0.2) is 103 Å². The van der Waals surface area contributed by atoms with Crippen molar-refractivity contribution in [3.63, 3.8) is 0 Å². The molecular weight excluding hydrogens is 830 g/mol. The lowest BCUT2D eigenvalue weighted by Gasteiger charge is -2.45. The molecule has 0 N–H and O–H groups in total. The molecule has 3 nitrogen and oxygen atoms in total. The van der Waals surface area contributed by atoms with Gasteiger partial charge in [0.2, 0.25) is 0 Å². The van der Waals surface area contributed by atoms with Crippen molar-refractivity contribution < 1.29 is 0 Å². The molecule has 2 aliphatic heterocycles. The number of aromatic nitrogens is 1. The molecule has 11 rings (SSSR count). The predicted octanol–water partition coefficient (Wildman–Crippen LogP) is 16.1. The summed E-state index contributed by atoms with van der Waals surface area (Å²) in [4.78, 5) is 8.15. The molecule has 6 aromatic carbocycles. The minimum Gasteiger partial charge on any atom is -0.311 e. The van der Waals surface area contributed by atoms with Gasteiger partial charge < -0.3 is 14.2 Å². The van der Waals surface area contributed by atoms with Crippen molar-refractivity contribution in [2.45, 2.75) is 145 Å². The Morgan fingerprint density at radius 1 is 0.403 bits per heavy atom. The fraction of sp³-hybridized carbons (Fsp3) is 0.355. The average molecular weight is 898 g/mol. The Kier molecular flexibility index (Phi) is 9.22. The van der Waals surface area contributed by atoms with Gasteiger partial charge in [-0.15, -0.1) is 11.3 Å². The fourth-order valence-corrected chi connectivity index (χ4v) is 12.6. The van der Waals surface area contributed by atoms with Crippen molar-refractivity contribution >= 4 is 107 Å². The van der Waals surface area contributed by atoms with Crippen molar-refractivity contribution in [2.75, 3.05) is 9.80 Å². The maximum atomic E-state index is 2.71. The molecule has 2 aliphatic rings. The molecule has 3 aromatic heterocycles. The highest BCUT2D eigenvalue weighted by molar-refractivity contribution is 7.16. The number of nitrogens with zero attached hydrogens (tertiary/aromatic N) is 3. The van der Waals surface area contributed by atoms with Gasteiger partial charge in [0, 0.05) is 43.5 Å². The topological polar surface area (TPSA) is 10.9 Å². The van der Waals surface area contributed by atoms with E-state index in [9.17, 15) is 0 Å². The minimum absolute atomic E-state index is 0.0112. The number of thiophene rings is 1. The molecule has 0 radical (unpaired) electrons. The molecule has 5 heteroatoms. The molecule has 5 heterocycles. The van der Waals surface area contributed by atoms with Crippen molar-refractivity contribution in [3.05, 3.63) is 141 Å². The van der Waals surface area contributed by atoms with Gasteiger partial charge in [-0.05, 0) is 145 Å². The van der Waals surface area contributed by atoms with Crippen LogP contribution in [0.4, 0.5) is 34.1 Å². The molecule has 0 aliphatic carbocycles. The van der Waals surface area contributed by atoms with E-state index < -0.39 is 0 Å². The van der Waals surface area contributed by atoms with E-state index in [0.717, 1.165) is 0 Å². The average Bonchev–Trinajstić information content (AvgIpc) is 3.87. The molecule has 0 atom stereocenters. The summed E-state index contributed by atoms with van der Waals surface area (Å²) in [6, 6.07) is 41.3. The van der Waals surface area contributed by atoms with Crippen molar-refractivity contribution in [3.8, 4) is 0 Å². The SMILES string of the molecule is Cc1sc(C)c2c1B1c3cc(C(C)(C)C)ccc3N(c3ccc(C(C)(C)C)cc3)c3c1c(c1c4cc(C(C)(C)C)ccc4n4c5ccc(C(C)(C)C)cc5c3c14)N2c1ccc(C(C)(C)C)cc1. The normalized spacial score (nSPS) is 14.6. The summed E-state index contributed by atoms with van der Waals surface area (Å²) in [6.07, 6.45) is 0. The van der Waals surface area contributed by atoms with Crippen LogP contribution in [0.5, 0.6) is 0 Å². The van der Waals surface area contributed by atoms with E-state index >= 15 is 0 Å². The van der Waals surface area contributed by atoms with Gasteiger partial charge >= 0.3 is 0 Å². The van der Waals surface area contributed by atoms with Crippen LogP contribution in [-0.4, -0.2) is 11.1 Å². The standard InChI is InChI=1S/C62H68BN3S/c1-35-52-54(36(2)67-35)65(43-27-20-38(21-28-43)59(6,7)8)57-51-45-33-40(61(12,13)14)23-30-48(45)66-47-29-22-39(60(9,10)11)32-44(47)50(55(51)66)56-53(57)63(52)46-34-41(62(15,16)17)24-31-49(46)64(56)42-25-18-37(19-26-42)58(3,4)5/h18-34H,1-17H3. The van der Waals surface area contributed by atoms with Gasteiger partial charge in [0.25, 0.3) is 6.71 Å². The van der Waals surface area contributed by atoms with Gasteiger partial charge in [-0.3, -0.25) is 0 Å². The highest BCUT2D eigenvalue weighted by Crippen LogP contribution is 2.56. The summed E-state index contributed by atoms with van der Waals surface area (Å²) in [5.41, 5.74) is 22.4. The number of fused-ring (bicyclic) bond motifs is 12. The monoisotopic (exact) mass is 898 g/mol. The summed E-state index contributed by atoms with van der Waals surface area (Å²) < 4.78 is 2.64. The molecule has 67 heavy (non-hydrogen) atoms. The molecule has 340 valence electrons. The Hall–Kier alpha value is -5.52. The number of hydrogen-bond acceptors (Lipinski definition) is 3. The Balaban J connectivity index is 1.42. The molecule has 0 amide bonds. The number of benzene rings is 6. The highest BCUT2D eigenvalue weighted by Gasteiger charge is 2.49. The van der Waals surface area contributed by atoms with E-state index in [2.05, 4.69) is 235 Å². The first-order valence-corrected chi connectivity index (χ1v) is 25.5. The number of hydrogen-bond donors (Lipinski definition) is 0. The number of rotatable bonds is 2. The molecule has 0 saturated heterocycles. The second kappa shape index (κ2) is 14.0. The summed E-state index contributed by atoms with van der Waals surface area (Å²) >= 11 is 1.97. The summed E-state index contributed by atoms with van der Waals surface area (Å²) in [7, 11) is 0. The van der Waals surface area contributed by atoms with Gasteiger partial charge in [0.05, 0.1) is 33.6 Å². The Morgan fingerprint density at radius 3 is 1.27 bits per heavy atom. The Morgan fingerprint density at radius 2 is 0.806 bits per heavy atom. The first kappa shape index (κ1) is 44.0. The number of anilines is 6. The smallest absolute Gasteiger partial charge is 0.253 e. The lowest BCUT2D eigenvalue weighted by atomic mass is 9.33. The van der Waals surface area contributed by atoms with E-state index in [1.165, 1.54) is 126 Å². The Bertz CT molecular complexity index is 3490. The molecule has 0 fully saturated rings. The van der Waals surface area contributed by atoms with Gasteiger partial charge in [-0.2, -0.15) is 0 Å². The lowest BCUT2D eigenvalue weighted by Crippen LogP contribution is -2.61. The summed E-state index contributed by atoms with van der Waals surface area (Å²) in [5.74, 6) is 0. The maximum Gasteiger partial charge on any atom is 0.253 e. The molecule has 9 aromatic rings. The zero-order chi connectivity index (χ0) is 47.8. The maximum absolute atomic E-state index is 2.71. The highest BCUT2D eigenvalue weighted by atomic mass is 32.1. The molecule has 0 bridgehead atoms. The van der Waals surface area contributed by atoms with Crippen LogP contribution < -0.4 is 26.2 Å². The molecule has 0 unspecified atom stereocenters. The van der Waals surface area contributed by atoms with Gasteiger partial charge in [0.15, 0.2) is 0 Å². The number of aryl methyl sites for hydroxylation is 2. The lowest BCUT2D eigenvalue weighted by molar-refractivity contribution is 0.590. The first-order valence-electron chi connectivity index (χ1n) is 24.6. The van der Waals surface area contributed by atoms with Crippen LogP contribution in [0.2, 0.25) is 0 Å². The van der Waals surface area contributed by atoms with Crippen LogP contribution in [0.25, 0.3) is 38.1 Å². The minimum atomic E-state index is -0.0353. The molecule has 0 saturated carbocycles. The predicted molar refractivity (Wildman–Crippen MR) is 296 cm³/mol. The van der Waals surface area contributed by atoms with E-state index in [1.54, 1.807) is 0 Å². The largest absolute Gasteiger partial charge is 0.311 e. The zero-order valence-electron chi connectivity index (χ0n) is 43.1. The van der Waals surface area contributed by atoms with E-state index in [1.807, 2.05) is 11.3 Å². The summed E-state index contributed by atoms with van der Waals surface area (Å²) in [6.45, 7) is 39.9. The van der Waals surface area contributed by atoms with Gasteiger partial charge in [0.1, 0.15) is 0 Å². The van der Waals surface area contributed by atoms with Crippen molar-refractivity contribution in [2.24, 2.45) is 0 Å². The summed E-state index contributed by atoms with van der Waals surface area (Å²) in [5, 5.41) is 5.34. The second-order valence-corrected chi connectivity index (χ2v) is 26.6. The van der Waals surface area contributed by atoms with Crippen LogP contribution in [0, 0.1) is 13.8 Å². The fourth-order valence-electron chi connectivity index (χ4n) is 11.6.